The van der Waals surface area contributed by atoms with Crippen LogP contribution in [0.25, 0.3) is 0 Å². The summed E-state index contributed by atoms with van der Waals surface area (Å²) in [5.74, 6) is 1.22. The SMILES string of the molecule is CC(C)C(Cl)C(C)C.[B]. The highest BCUT2D eigenvalue weighted by molar-refractivity contribution is 6.20. The quantitative estimate of drug-likeness (QED) is 0.414. The van der Waals surface area contributed by atoms with Crippen molar-refractivity contribution in [2.24, 2.45) is 11.8 Å². The predicted octanol–water partition coefficient (Wildman–Crippen LogP) is 2.53. The maximum Gasteiger partial charge on any atom is 0.0381 e. The largest absolute Gasteiger partial charge is 0.122 e. The monoisotopic (exact) mass is 145 g/mol. The molecule has 0 N–H and O–H groups in total. The summed E-state index contributed by atoms with van der Waals surface area (Å²) >= 11 is 5.95. The number of halogens is 1. The van der Waals surface area contributed by atoms with Crippen molar-refractivity contribution < 1.29 is 0 Å². The average Bonchev–Trinajstić information content (AvgIpc) is 1.64. The summed E-state index contributed by atoms with van der Waals surface area (Å²) in [4.78, 5) is 0. The molecule has 0 unspecified atom stereocenters. The summed E-state index contributed by atoms with van der Waals surface area (Å²) in [7, 11) is 0. The van der Waals surface area contributed by atoms with E-state index in [0.717, 1.165) is 0 Å². The number of hydrogen-bond acceptors (Lipinski definition) is 0. The Morgan fingerprint density at radius 2 is 1.11 bits per heavy atom. The van der Waals surface area contributed by atoms with Crippen LogP contribution in [0, 0.1) is 11.8 Å². The molecule has 53 valence electrons. The van der Waals surface area contributed by atoms with Crippen molar-refractivity contribution in [2.45, 2.75) is 33.1 Å². The van der Waals surface area contributed by atoms with Crippen molar-refractivity contribution in [3.05, 3.63) is 0 Å². The molecule has 0 heterocycles. The van der Waals surface area contributed by atoms with E-state index in [0.29, 0.717) is 17.2 Å². The van der Waals surface area contributed by atoms with Crippen LogP contribution in [0.4, 0.5) is 0 Å². The highest BCUT2D eigenvalue weighted by Crippen LogP contribution is 2.17. The Kier molecular flexibility index (Phi) is 6.93. The Hall–Kier alpha value is 0.355. The summed E-state index contributed by atoms with van der Waals surface area (Å²) in [6.45, 7) is 8.60. The second-order valence-corrected chi connectivity index (χ2v) is 3.44. The third kappa shape index (κ3) is 4.83. The van der Waals surface area contributed by atoms with E-state index in [2.05, 4.69) is 27.7 Å². The first kappa shape index (κ1) is 12.1. The first-order valence-corrected chi connectivity index (χ1v) is 3.63. The zero-order chi connectivity index (χ0) is 6.73. The van der Waals surface area contributed by atoms with Gasteiger partial charge >= 0.3 is 0 Å². The molecule has 0 aromatic heterocycles. The Labute approximate surface area is 65.6 Å². The number of hydrogen-bond donors (Lipinski definition) is 0. The van der Waals surface area contributed by atoms with Gasteiger partial charge in [0.2, 0.25) is 0 Å². The highest BCUT2D eigenvalue weighted by atomic mass is 35.5. The molecule has 0 aliphatic carbocycles. The van der Waals surface area contributed by atoms with Gasteiger partial charge in [-0.1, -0.05) is 27.7 Å². The van der Waals surface area contributed by atoms with Crippen LogP contribution in [0.1, 0.15) is 27.7 Å². The summed E-state index contributed by atoms with van der Waals surface area (Å²) in [6.07, 6.45) is 0. The normalized spacial score (nSPS) is 10.7. The molecule has 9 heavy (non-hydrogen) atoms. The predicted molar refractivity (Wildman–Crippen MR) is 45.1 cm³/mol. The molecular weight excluding hydrogens is 130 g/mol. The van der Waals surface area contributed by atoms with Gasteiger partial charge in [-0.3, -0.25) is 0 Å². The van der Waals surface area contributed by atoms with E-state index in [4.69, 9.17) is 11.6 Å². The van der Waals surface area contributed by atoms with Crippen LogP contribution in [-0.2, 0) is 0 Å². The number of rotatable bonds is 2. The maximum atomic E-state index is 5.95. The van der Waals surface area contributed by atoms with Crippen molar-refractivity contribution in [1.82, 2.24) is 0 Å². The van der Waals surface area contributed by atoms with Gasteiger partial charge in [-0.2, -0.15) is 0 Å². The molecule has 2 heteroatoms. The van der Waals surface area contributed by atoms with Gasteiger partial charge < -0.3 is 0 Å². The summed E-state index contributed by atoms with van der Waals surface area (Å²) < 4.78 is 0. The van der Waals surface area contributed by atoms with Gasteiger partial charge in [0, 0.05) is 13.8 Å². The fourth-order valence-electron chi connectivity index (χ4n) is 0.770. The van der Waals surface area contributed by atoms with Crippen LogP contribution in [-0.4, -0.2) is 13.8 Å². The maximum absolute atomic E-state index is 5.95. The fraction of sp³-hybridized carbons (Fsp3) is 1.00. The minimum Gasteiger partial charge on any atom is -0.122 e. The zero-order valence-corrected chi connectivity index (χ0v) is 7.44. The van der Waals surface area contributed by atoms with Gasteiger partial charge in [0.15, 0.2) is 0 Å². The van der Waals surface area contributed by atoms with Gasteiger partial charge in [-0.25, -0.2) is 0 Å². The van der Waals surface area contributed by atoms with E-state index >= 15 is 0 Å². The summed E-state index contributed by atoms with van der Waals surface area (Å²) in [5.41, 5.74) is 0. The molecule has 0 aromatic rings. The molecule has 0 amide bonds. The van der Waals surface area contributed by atoms with E-state index in [1.54, 1.807) is 0 Å². The molecule has 0 atom stereocenters. The van der Waals surface area contributed by atoms with Gasteiger partial charge in [0.25, 0.3) is 0 Å². The Morgan fingerprint density at radius 1 is 0.889 bits per heavy atom. The Balaban J connectivity index is 0. The highest BCUT2D eigenvalue weighted by Gasteiger charge is 2.12. The molecule has 0 fully saturated rings. The van der Waals surface area contributed by atoms with Crippen molar-refractivity contribution in [3.63, 3.8) is 0 Å². The van der Waals surface area contributed by atoms with E-state index in [-0.39, 0.29) is 8.41 Å². The third-order valence-corrected chi connectivity index (χ3v) is 2.28. The lowest BCUT2D eigenvalue weighted by Crippen LogP contribution is -2.14. The van der Waals surface area contributed by atoms with Crippen molar-refractivity contribution >= 4 is 20.0 Å². The van der Waals surface area contributed by atoms with Crippen LogP contribution in [0.15, 0.2) is 0 Å². The second-order valence-electron chi connectivity index (χ2n) is 2.93. The molecule has 0 bridgehead atoms. The molecule has 0 rings (SSSR count). The van der Waals surface area contributed by atoms with E-state index in [1.165, 1.54) is 0 Å². The van der Waals surface area contributed by atoms with Crippen molar-refractivity contribution in [3.8, 4) is 0 Å². The zero-order valence-electron chi connectivity index (χ0n) is 6.69. The third-order valence-electron chi connectivity index (χ3n) is 1.27. The first-order valence-electron chi connectivity index (χ1n) is 3.19. The van der Waals surface area contributed by atoms with Crippen LogP contribution in [0.2, 0.25) is 0 Å². The van der Waals surface area contributed by atoms with Crippen LogP contribution < -0.4 is 0 Å². The molecule has 0 aliphatic rings. The topological polar surface area (TPSA) is 0 Å². The first-order chi connectivity index (χ1) is 3.55. The lowest BCUT2D eigenvalue weighted by atomic mass is 10.0. The van der Waals surface area contributed by atoms with Gasteiger partial charge in [0.1, 0.15) is 0 Å². The Bertz CT molecular complexity index is 53.9. The van der Waals surface area contributed by atoms with Crippen LogP contribution >= 0.6 is 11.6 Å². The minimum absolute atomic E-state index is 0. The molecule has 0 nitrogen and oxygen atoms in total. The lowest BCUT2D eigenvalue weighted by Gasteiger charge is -2.16. The van der Waals surface area contributed by atoms with E-state index in [1.807, 2.05) is 0 Å². The standard InChI is InChI=1S/C7H15Cl.B/c1-5(2)7(8)6(3)4;/h5-7H,1-4H3;. The summed E-state index contributed by atoms with van der Waals surface area (Å²) in [6, 6.07) is 0. The van der Waals surface area contributed by atoms with Crippen LogP contribution in [0.5, 0.6) is 0 Å². The fourth-order valence-corrected chi connectivity index (χ4v) is 0.770. The van der Waals surface area contributed by atoms with Crippen LogP contribution in [0.3, 0.4) is 0 Å². The Morgan fingerprint density at radius 3 is 1.11 bits per heavy atom. The van der Waals surface area contributed by atoms with Crippen molar-refractivity contribution in [1.29, 1.82) is 0 Å². The molecular formula is C7H15BCl. The molecule has 0 saturated heterocycles. The molecule has 0 aliphatic heterocycles. The molecule has 0 saturated carbocycles. The van der Waals surface area contributed by atoms with Gasteiger partial charge in [0.05, 0.1) is 0 Å². The van der Waals surface area contributed by atoms with Crippen molar-refractivity contribution in [2.75, 3.05) is 0 Å². The molecule has 0 aromatic carbocycles. The summed E-state index contributed by atoms with van der Waals surface area (Å²) in [5, 5.41) is 0.343. The van der Waals surface area contributed by atoms with Gasteiger partial charge in [-0.05, 0) is 11.8 Å². The lowest BCUT2D eigenvalue weighted by molar-refractivity contribution is 0.479. The number of alkyl halides is 1. The van der Waals surface area contributed by atoms with E-state index < -0.39 is 0 Å². The van der Waals surface area contributed by atoms with E-state index in [9.17, 15) is 0 Å². The molecule has 0 spiro atoms. The second kappa shape index (κ2) is 5.16. The average molecular weight is 145 g/mol. The smallest absolute Gasteiger partial charge is 0.0381 e. The minimum atomic E-state index is 0. The molecule has 3 radical (unpaired) electrons. The van der Waals surface area contributed by atoms with Gasteiger partial charge in [-0.15, -0.1) is 11.6 Å².